The standard InChI is InChI=1S/C13H19NO3/c1-3-16-12(17-4-2)10-14-13(15)11-8-6-5-7-9-11/h5-9,12H,3-4,10H2,1-2H3,(H,14,15). The third kappa shape index (κ3) is 4.97. The second kappa shape index (κ2) is 7.81. The van der Waals surface area contributed by atoms with E-state index >= 15 is 0 Å². The van der Waals surface area contributed by atoms with Gasteiger partial charge in [-0.3, -0.25) is 4.79 Å². The van der Waals surface area contributed by atoms with Gasteiger partial charge in [-0.15, -0.1) is 0 Å². The molecule has 1 rings (SSSR count). The highest BCUT2D eigenvalue weighted by Gasteiger charge is 2.10. The molecular formula is C13H19NO3. The Morgan fingerprint density at radius 3 is 2.29 bits per heavy atom. The zero-order chi connectivity index (χ0) is 12.5. The van der Waals surface area contributed by atoms with E-state index in [9.17, 15) is 4.79 Å². The predicted octanol–water partition coefficient (Wildman–Crippen LogP) is 1.82. The van der Waals surface area contributed by atoms with Gasteiger partial charge in [0.2, 0.25) is 0 Å². The number of benzene rings is 1. The van der Waals surface area contributed by atoms with Crippen molar-refractivity contribution >= 4 is 5.91 Å². The molecular weight excluding hydrogens is 218 g/mol. The number of ether oxygens (including phenoxy) is 2. The number of hydrogen-bond acceptors (Lipinski definition) is 3. The average Bonchev–Trinajstić information content (AvgIpc) is 2.37. The second-order valence-electron chi connectivity index (χ2n) is 3.42. The summed E-state index contributed by atoms with van der Waals surface area (Å²) in [4.78, 5) is 11.7. The lowest BCUT2D eigenvalue weighted by Gasteiger charge is -2.17. The molecule has 0 bridgehead atoms. The minimum absolute atomic E-state index is 0.116. The highest BCUT2D eigenvalue weighted by Crippen LogP contribution is 1.99. The summed E-state index contributed by atoms with van der Waals surface area (Å²) in [6.07, 6.45) is -0.377. The van der Waals surface area contributed by atoms with E-state index in [0.717, 1.165) is 0 Å². The van der Waals surface area contributed by atoms with Crippen LogP contribution in [-0.2, 0) is 9.47 Å². The van der Waals surface area contributed by atoms with Gasteiger partial charge in [-0.25, -0.2) is 0 Å². The van der Waals surface area contributed by atoms with Crippen molar-refractivity contribution in [3.63, 3.8) is 0 Å². The van der Waals surface area contributed by atoms with E-state index in [4.69, 9.17) is 9.47 Å². The van der Waals surface area contributed by atoms with Crippen molar-refractivity contribution in [2.75, 3.05) is 19.8 Å². The van der Waals surface area contributed by atoms with Gasteiger partial charge in [0, 0.05) is 18.8 Å². The first-order chi connectivity index (χ1) is 8.27. The largest absolute Gasteiger partial charge is 0.351 e. The van der Waals surface area contributed by atoms with Gasteiger partial charge >= 0.3 is 0 Å². The van der Waals surface area contributed by atoms with Crippen LogP contribution in [0.25, 0.3) is 0 Å². The Bertz CT molecular complexity index is 321. The van der Waals surface area contributed by atoms with Crippen LogP contribution in [0.5, 0.6) is 0 Å². The third-order valence-electron chi connectivity index (χ3n) is 2.17. The third-order valence-corrected chi connectivity index (χ3v) is 2.17. The molecule has 0 saturated heterocycles. The summed E-state index contributed by atoms with van der Waals surface area (Å²) in [6.45, 7) is 5.27. The maximum atomic E-state index is 11.7. The molecule has 0 aromatic heterocycles. The fourth-order valence-corrected chi connectivity index (χ4v) is 1.41. The van der Waals surface area contributed by atoms with E-state index in [-0.39, 0.29) is 12.2 Å². The van der Waals surface area contributed by atoms with Gasteiger partial charge < -0.3 is 14.8 Å². The van der Waals surface area contributed by atoms with Gasteiger partial charge in [-0.1, -0.05) is 18.2 Å². The van der Waals surface area contributed by atoms with Crippen LogP contribution in [0.3, 0.4) is 0 Å². The number of carbonyl (C=O) groups is 1. The van der Waals surface area contributed by atoms with E-state index in [0.29, 0.717) is 25.3 Å². The Morgan fingerprint density at radius 2 is 1.76 bits per heavy atom. The van der Waals surface area contributed by atoms with Crippen LogP contribution in [0.4, 0.5) is 0 Å². The summed E-state index contributed by atoms with van der Waals surface area (Å²) in [6, 6.07) is 9.08. The molecule has 0 aliphatic heterocycles. The van der Waals surface area contributed by atoms with Crippen LogP contribution >= 0.6 is 0 Å². The highest BCUT2D eigenvalue weighted by atomic mass is 16.7. The summed E-state index contributed by atoms with van der Waals surface area (Å²) in [7, 11) is 0. The molecule has 0 spiro atoms. The van der Waals surface area contributed by atoms with E-state index < -0.39 is 0 Å². The smallest absolute Gasteiger partial charge is 0.251 e. The Hall–Kier alpha value is -1.39. The van der Waals surface area contributed by atoms with Crippen LogP contribution in [0, 0.1) is 0 Å². The Labute approximate surface area is 102 Å². The molecule has 0 atom stereocenters. The predicted molar refractivity (Wildman–Crippen MR) is 65.8 cm³/mol. The normalized spacial score (nSPS) is 10.5. The number of nitrogens with one attached hydrogen (secondary N) is 1. The maximum Gasteiger partial charge on any atom is 0.251 e. The van der Waals surface area contributed by atoms with Gasteiger partial charge in [-0.05, 0) is 26.0 Å². The fraction of sp³-hybridized carbons (Fsp3) is 0.462. The molecule has 0 aliphatic rings. The van der Waals surface area contributed by atoms with Gasteiger partial charge in [0.05, 0.1) is 6.54 Å². The van der Waals surface area contributed by atoms with Crippen LogP contribution < -0.4 is 5.32 Å². The molecule has 0 fully saturated rings. The molecule has 4 heteroatoms. The van der Waals surface area contributed by atoms with Crippen molar-refractivity contribution in [2.24, 2.45) is 0 Å². The maximum absolute atomic E-state index is 11.7. The van der Waals surface area contributed by atoms with Crippen LogP contribution in [-0.4, -0.2) is 32.0 Å². The zero-order valence-electron chi connectivity index (χ0n) is 10.3. The lowest BCUT2D eigenvalue weighted by Crippen LogP contribution is -2.35. The molecule has 1 N–H and O–H groups in total. The molecule has 1 aromatic rings. The minimum atomic E-state index is -0.377. The molecule has 1 aromatic carbocycles. The van der Waals surface area contributed by atoms with Crippen molar-refractivity contribution < 1.29 is 14.3 Å². The van der Waals surface area contributed by atoms with Crippen LogP contribution in [0.15, 0.2) is 30.3 Å². The molecule has 4 nitrogen and oxygen atoms in total. The summed E-state index contributed by atoms with van der Waals surface area (Å²) < 4.78 is 10.7. The summed E-state index contributed by atoms with van der Waals surface area (Å²) >= 11 is 0. The van der Waals surface area contributed by atoms with E-state index in [1.165, 1.54) is 0 Å². The number of rotatable bonds is 7. The van der Waals surface area contributed by atoms with E-state index in [1.54, 1.807) is 12.1 Å². The molecule has 0 saturated carbocycles. The number of hydrogen-bond donors (Lipinski definition) is 1. The SMILES string of the molecule is CCOC(CNC(=O)c1ccccc1)OCC. The van der Waals surface area contributed by atoms with Crippen LogP contribution in [0.2, 0.25) is 0 Å². The molecule has 94 valence electrons. The van der Waals surface area contributed by atoms with Crippen molar-refractivity contribution in [3.05, 3.63) is 35.9 Å². The second-order valence-corrected chi connectivity index (χ2v) is 3.42. The Balaban J connectivity index is 2.41. The molecule has 17 heavy (non-hydrogen) atoms. The lowest BCUT2D eigenvalue weighted by molar-refractivity contribution is -0.131. The molecule has 1 amide bonds. The van der Waals surface area contributed by atoms with Crippen molar-refractivity contribution in [1.29, 1.82) is 0 Å². The first kappa shape index (κ1) is 13.7. The molecule has 0 unspecified atom stereocenters. The zero-order valence-corrected chi connectivity index (χ0v) is 10.3. The van der Waals surface area contributed by atoms with Crippen LogP contribution in [0.1, 0.15) is 24.2 Å². The number of amides is 1. The van der Waals surface area contributed by atoms with Crippen molar-refractivity contribution in [3.8, 4) is 0 Å². The summed E-state index contributed by atoms with van der Waals surface area (Å²) in [5.74, 6) is -0.116. The molecule has 0 radical (unpaired) electrons. The van der Waals surface area contributed by atoms with Gasteiger partial charge in [-0.2, -0.15) is 0 Å². The average molecular weight is 237 g/mol. The summed E-state index contributed by atoms with van der Waals surface area (Å²) in [5, 5.41) is 2.78. The lowest BCUT2D eigenvalue weighted by atomic mass is 10.2. The Morgan fingerprint density at radius 1 is 1.18 bits per heavy atom. The van der Waals surface area contributed by atoms with Crippen molar-refractivity contribution in [2.45, 2.75) is 20.1 Å². The monoisotopic (exact) mass is 237 g/mol. The first-order valence-electron chi connectivity index (χ1n) is 5.84. The minimum Gasteiger partial charge on any atom is -0.351 e. The van der Waals surface area contributed by atoms with Gasteiger partial charge in [0.15, 0.2) is 6.29 Å². The van der Waals surface area contributed by atoms with E-state index in [2.05, 4.69) is 5.32 Å². The quantitative estimate of drug-likeness (QED) is 0.736. The molecule has 0 heterocycles. The van der Waals surface area contributed by atoms with Gasteiger partial charge in [0.25, 0.3) is 5.91 Å². The summed E-state index contributed by atoms with van der Waals surface area (Å²) in [5.41, 5.74) is 0.638. The van der Waals surface area contributed by atoms with Crippen molar-refractivity contribution in [1.82, 2.24) is 5.32 Å². The highest BCUT2D eigenvalue weighted by molar-refractivity contribution is 5.94. The molecule has 0 aliphatic carbocycles. The first-order valence-corrected chi connectivity index (χ1v) is 5.84. The number of carbonyl (C=O) groups excluding carboxylic acids is 1. The fourth-order valence-electron chi connectivity index (χ4n) is 1.41. The van der Waals surface area contributed by atoms with E-state index in [1.807, 2.05) is 32.0 Å². The topological polar surface area (TPSA) is 47.6 Å². The Kier molecular flexibility index (Phi) is 6.29. The van der Waals surface area contributed by atoms with Gasteiger partial charge in [0.1, 0.15) is 0 Å².